The minimum absolute atomic E-state index is 0.132. The number of aryl methyl sites for hydroxylation is 1. The summed E-state index contributed by atoms with van der Waals surface area (Å²) in [6.45, 7) is 1.74. The van der Waals surface area contributed by atoms with Gasteiger partial charge in [-0.3, -0.25) is 4.98 Å². The van der Waals surface area contributed by atoms with E-state index in [1.165, 1.54) is 6.07 Å². The summed E-state index contributed by atoms with van der Waals surface area (Å²) in [4.78, 5) is 12.8. The first-order chi connectivity index (χ1) is 12.5. The Morgan fingerprint density at radius 3 is 2.54 bits per heavy atom. The van der Waals surface area contributed by atoms with E-state index in [9.17, 15) is 4.39 Å². The van der Waals surface area contributed by atoms with Crippen LogP contribution in [0, 0.1) is 12.7 Å². The average Bonchev–Trinajstić information content (AvgIpc) is 2.63. The van der Waals surface area contributed by atoms with Crippen molar-refractivity contribution in [3.05, 3.63) is 66.1 Å². The largest absolute Gasteiger partial charge is 0.383 e. The molecule has 2 heterocycles. The first-order valence-electron chi connectivity index (χ1n) is 8.07. The molecule has 0 saturated heterocycles. The molecule has 4 N–H and O–H groups in total. The Balaban J connectivity index is 1.91. The Labute approximate surface area is 149 Å². The fourth-order valence-corrected chi connectivity index (χ4v) is 3.00. The number of nitrogen functional groups attached to an aromatic ring is 2. The molecule has 6 heteroatoms. The maximum Gasteiger partial charge on any atom is 0.222 e. The van der Waals surface area contributed by atoms with Crippen LogP contribution in [0.1, 0.15) is 5.56 Å². The van der Waals surface area contributed by atoms with Crippen molar-refractivity contribution in [1.82, 2.24) is 15.0 Å². The van der Waals surface area contributed by atoms with Crippen LogP contribution >= 0.6 is 0 Å². The van der Waals surface area contributed by atoms with E-state index in [2.05, 4.69) is 15.0 Å². The smallest absolute Gasteiger partial charge is 0.222 e. The third-order valence-corrected chi connectivity index (χ3v) is 4.29. The van der Waals surface area contributed by atoms with E-state index < -0.39 is 0 Å². The summed E-state index contributed by atoms with van der Waals surface area (Å²) in [7, 11) is 0. The van der Waals surface area contributed by atoms with Gasteiger partial charge in [0, 0.05) is 22.7 Å². The van der Waals surface area contributed by atoms with E-state index in [0.717, 1.165) is 27.8 Å². The van der Waals surface area contributed by atoms with Gasteiger partial charge in [0.2, 0.25) is 5.95 Å². The van der Waals surface area contributed by atoms with Crippen LogP contribution in [-0.2, 0) is 0 Å². The van der Waals surface area contributed by atoms with Crippen LogP contribution in [0.25, 0.3) is 33.3 Å². The molecule has 4 aromatic rings. The second-order valence-electron chi connectivity index (χ2n) is 6.06. The van der Waals surface area contributed by atoms with Crippen LogP contribution in [0.3, 0.4) is 0 Å². The van der Waals surface area contributed by atoms with Crippen molar-refractivity contribution < 1.29 is 4.39 Å². The molecular formula is C20H16FN5. The standard InChI is InChI=1S/C20H16FN5/c1-11-9-13(5-7-16(11)21)18-14(3-2-8-24-18)12-4-6-15-17(10-12)25-20(23)26-19(15)22/h2-10H,1H3,(H4,22,23,25,26). The molecule has 2 aromatic heterocycles. The highest BCUT2D eigenvalue weighted by Crippen LogP contribution is 2.33. The summed E-state index contributed by atoms with van der Waals surface area (Å²) >= 11 is 0. The SMILES string of the molecule is Cc1cc(-c2ncccc2-c2ccc3c(N)nc(N)nc3c2)ccc1F. The van der Waals surface area contributed by atoms with Crippen molar-refractivity contribution in [1.29, 1.82) is 0 Å². The predicted octanol–water partition coefficient (Wildman–Crippen LogP) is 3.97. The van der Waals surface area contributed by atoms with E-state index in [1.807, 2.05) is 30.3 Å². The summed E-state index contributed by atoms with van der Waals surface area (Å²) in [5.41, 5.74) is 16.3. The molecule has 0 atom stereocenters. The van der Waals surface area contributed by atoms with Crippen LogP contribution in [-0.4, -0.2) is 15.0 Å². The molecule has 4 rings (SSSR count). The van der Waals surface area contributed by atoms with Crippen LogP contribution < -0.4 is 11.5 Å². The van der Waals surface area contributed by atoms with Gasteiger partial charge < -0.3 is 11.5 Å². The van der Waals surface area contributed by atoms with Crippen LogP contribution in [0.4, 0.5) is 16.2 Å². The number of anilines is 2. The van der Waals surface area contributed by atoms with Gasteiger partial charge in [0.1, 0.15) is 11.6 Å². The molecule has 0 unspecified atom stereocenters. The van der Waals surface area contributed by atoms with Crippen molar-refractivity contribution in [2.45, 2.75) is 6.92 Å². The molecule has 0 aliphatic heterocycles. The van der Waals surface area contributed by atoms with Gasteiger partial charge in [-0.15, -0.1) is 0 Å². The zero-order valence-electron chi connectivity index (χ0n) is 14.1. The topological polar surface area (TPSA) is 90.7 Å². The predicted molar refractivity (Wildman–Crippen MR) is 102 cm³/mol. The summed E-state index contributed by atoms with van der Waals surface area (Å²) < 4.78 is 13.6. The van der Waals surface area contributed by atoms with E-state index in [4.69, 9.17) is 11.5 Å². The van der Waals surface area contributed by atoms with Crippen molar-refractivity contribution >= 4 is 22.7 Å². The van der Waals surface area contributed by atoms with Crippen molar-refractivity contribution in [2.75, 3.05) is 11.5 Å². The van der Waals surface area contributed by atoms with E-state index >= 15 is 0 Å². The number of nitrogens with two attached hydrogens (primary N) is 2. The van der Waals surface area contributed by atoms with E-state index in [1.54, 1.807) is 25.3 Å². The minimum Gasteiger partial charge on any atom is -0.383 e. The number of pyridine rings is 1. The number of nitrogens with zero attached hydrogens (tertiary/aromatic N) is 3. The van der Waals surface area contributed by atoms with Crippen LogP contribution in [0.2, 0.25) is 0 Å². The monoisotopic (exact) mass is 345 g/mol. The molecule has 0 fully saturated rings. The zero-order chi connectivity index (χ0) is 18.3. The van der Waals surface area contributed by atoms with Gasteiger partial charge in [-0.25, -0.2) is 9.37 Å². The number of hydrogen-bond acceptors (Lipinski definition) is 5. The molecule has 0 aliphatic rings. The molecule has 5 nitrogen and oxygen atoms in total. The number of rotatable bonds is 2. The fourth-order valence-electron chi connectivity index (χ4n) is 3.00. The van der Waals surface area contributed by atoms with Crippen molar-refractivity contribution in [3.63, 3.8) is 0 Å². The second-order valence-corrected chi connectivity index (χ2v) is 6.06. The van der Waals surface area contributed by atoms with Gasteiger partial charge in [0.25, 0.3) is 0 Å². The summed E-state index contributed by atoms with van der Waals surface area (Å²) in [5.74, 6) is 0.243. The lowest BCUT2D eigenvalue weighted by Gasteiger charge is -2.11. The highest BCUT2D eigenvalue weighted by Gasteiger charge is 2.12. The lowest BCUT2D eigenvalue weighted by molar-refractivity contribution is 0.619. The molecule has 0 aliphatic carbocycles. The van der Waals surface area contributed by atoms with Gasteiger partial charge in [0.15, 0.2) is 0 Å². The normalized spacial score (nSPS) is 11.0. The molecule has 0 radical (unpaired) electrons. The van der Waals surface area contributed by atoms with E-state index in [-0.39, 0.29) is 11.8 Å². The second kappa shape index (κ2) is 6.07. The summed E-state index contributed by atoms with van der Waals surface area (Å²) in [6.07, 6.45) is 1.72. The Hall–Kier alpha value is -3.54. The first-order valence-corrected chi connectivity index (χ1v) is 8.07. The van der Waals surface area contributed by atoms with Gasteiger partial charge >= 0.3 is 0 Å². The maximum absolute atomic E-state index is 13.6. The molecular weight excluding hydrogens is 329 g/mol. The van der Waals surface area contributed by atoms with Crippen LogP contribution in [0.5, 0.6) is 0 Å². The summed E-state index contributed by atoms with van der Waals surface area (Å²) in [6, 6.07) is 14.5. The van der Waals surface area contributed by atoms with Crippen molar-refractivity contribution in [2.24, 2.45) is 0 Å². The lowest BCUT2D eigenvalue weighted by Crippen LogP contribution is -2.00. The minimum atomic E-state index is -0.236. The first kappa shape index (κ1) is 16.0. The number of halogens is 1. The van der Waals surface area contributed by atoms with Crippen LogP contribution in [0.15, 0.2) is 54.7 Å². The summed E-state index contributed by atoms with van der Waals surface area (Å²) in [5, 5.41) is 0.742. The van der Waals surface area contributed by atoms with Gasteiger partial charge in [-0.05, 0) is 54.4 Å². The highest BCUT2D eigenvalue weighted by molar-refractivity contribution is 5.93. The zero-order valence-corrected chi connectivity index (χ0v) is 14.1. The molecule has 128 valence electrons. The number of hydrogen-bond donors (Lipinski definition) is 2. The highest BCUT2D eigenvalue weighted by atomic mass is 19.1. The Kier molecular flexibility index (Phi) is 3.73. The number of benzene rings is 2. The fraction of sp³-hybridized carbons (Fsp3) is 0.0500. The lowest BCUT2D eigenvalue weighted by atomic mass is 9.97. The van der Waals surface area contributed by atoms with Gasteiger partial charge in [-0.2, -0.15) is 4.98 Å². The number of fused-ring (bicyclic) bond motifs is 1. The Bertz CT molecular complexity index is 1140. The van der Waals surface area contributed by atoms with Gasteiger partial charge in [0.05, 0.1) is 11.2 Å². The van der Waals surface area contributed by atoms with E-state index in [0.29, 0.717) is 16.9 Å². The third-order valence-electron chi connectivity index (χ3n) is 4.29. The molecule has 0 bridgehead atoms. The Morgan fingerprint density at radius 1 is 0.923 bits per heavy atom. The van der Waals surface area contributed by atoms with Crippen molar-refractivity contribution in [3.8, 4) is 22.4 Å². The quantitative estimate of drug-likeness (QED) is 0.573. The number of aromatic nitrogens is 3. The third kappa shape index (κ3) is 2.71. The average molecular weight is 345 g/mol. The molecule has 26 heavy (non-hydrogen) atoms. The molecule has 0 saturated carbocycles. The maximum atomic E-state index is 13.6. The molecule has 0 spiro atoms. The molecule has 0 amide bonds. The molecule has 2 aromatic carbocycles. The Morgan fingerprint density at radius 2 is 1.73 bits per heavy atom. The van der Waals surface area contributed by atoms with Gasteiger partial charge in [-0.1, -0.05) is 12.1 Å².